The maximum absolute atomic E-state index is 12.1. The summed E-state index contributed by atoms with van der Waals surface area (Å²) in [6.07, 6.45) is 3.22. The van der Waals surface area contributed by atoms with Crippen LogP contribution in [-0.4, -0.2) is 26.1 Å². The van der Waals surface area contributed by atoms with Crippen LogP contribution in [0.15, 0.2) is 30.6 Å². The number of fused-ring (bicyclic) bond motifs is 1. The van der Waals surface area contributed by atoms with Gasteiger partial charge in [0.1, 0.15) is 0 Å². The summed E-state index contributed by atoms with van der Waals surface area (Å²) in [6, 6.07) is 5.29. The molecule has 0 saturated heterocycles. The summed E-state index contributed by atoms with van der Waals surface area (Å²) >= 11 is 0. The maximum atomic E-state index is 12.1. The number of aromatic nitrogens is 4. The van der Waals surface area contributed by atoms with Crippen LogP contribution in [0.3, 0.4) is 0 Å². The Morgan fingerprint density at radius 1 is 1.25 bits per heavy atom. The standard InChI is InChI=1S/C13H12N6O/c1-7-11(14)12(19-18-7)13(20)17-8-2-3-9-10(6-8)16-5-4-15-9/h2-6H,14H2,1H3,(H,17,20)(H,18,19). The van der Waals surface area contributed by atoms with E-state index in [9.17, 15) is 4.79 Å². The number of nitrogens with two attached hydrogens (primary N) is 1. The van der Waals surface area contributed by atoms with Crippen LogP contribution in [0, 0.1) is 6.92 Å². The first-order chi connectivity index (χ1) is 9.65. The molecular weight excluding hydrogens is 256 g/mol. The molecule has 0 bridgehead atoms. The quantitative estimate of drug-likeness (QED) is 0.652. The first-order valence-corrected chi connectivity index (χ1v) is 5.97. The van der Waals surface area contributed by atoms with Crippen molar-refractivity contribution in [2.24, 2.45) is 0 Å². The zero-order valence-corrected chi connectivity index (χ0v) is 10.7. The van der Waals surface area contributed by atoms with E-state index >= 15 is 0 Å². The highest BCUT2D eigenvalue weighted by Crippen LogP contribution is 2.18. The molecular formula is C13H12N6O. The van der Waals surface area contributed by atoms with Crippen molar-refractivity contribution in [3.05, 3.63) is 42.0 Å². The van der Waals surface area contributed by atoms with Crippen molar-refractivity contribution < 1.29 is 4.79 Å². The average Bonchev–Trinajstić information content (AvgIpc) is 2.79. The van der Waals surface area contributed by atoms with Crippen LogP contribution in [0.25, 0.3) is 11.0 Å². The number of carbonyl (C=O) groups excluding carboxylic acids is 1. The summed E-state index contributed by atoms with van der Waals surface area (Å²) in [4.78, 5) is 20.4. The molecule has 0 unspecified atom stereocenters. The molecule has 4 N–H and O–H groups in total. The minimum atomic E-state index is -0.366. The van der Waals surface area contributed by atoms with Gasteiger partial charge in [0, 0.05) is 18.1 Å². The highest BCUT2D eigenvalue weighted by atomic mass is 16.2. The summed E-state index contributed by atoms with van der Waals surface area (Å²) in [5, 5.41) is 9.29. The van der Waals surface area contributed by atoms with E-state index in [1.807, 2.05) is 0 Å². The van der Waals surface area contributed by atoms with E-state index in [0.717, 1.165) is 5.52 Å². The number of aryl methyl sites for hydroxylation is 1. The van der Waals surface area contributed by atoms with Gasteiger partial charge in [-0.15, -0.1) is 0 Å². The summed E-state index contributed by atoms with van der Waals surface area (Å²) < 4.78 is 0. The van der Waals surface area contributed by atoms with E-state index in [-0.39, 0.29) is 11.6 Å². The molecule has 0 aliphatic carbocycles. The molecule has 0 atom stereocenters. The lowest BCUT2D eigenvalue weighted by atomic mass is 10.2. The Bertz CT molecular complexity index is 794. The third-order valence-electron chi connectivity index (χ3n) is 2.94. The molecule has 1 amide bonds. The van der Waals surface area contributed by atoms with Gasteiger partial charge in [0.2, 0.25) is 0 Å². The second-order valence-electron chi connectivity index (χ2n) is 4.32. The Hall–Kier alpha value is -2.96. The highest BCUT2D eigenvalue weighted by molar-refractivity contribution is 6.07. The zero-order chi connectivity index (χ0) is 14.1. The van der Waals surface area contributed by atoms with Gasteiger partial charge in [0.25, 0.3) is 5.91 Å². The largest absolute Gasteiger partial charge is 0.395 e. The van der Waals surface area contributed by atoms with Crippen LogP contribution in [-0.2, 0) is 0 Å². The van der Waals surface area contributed by atoms with Gasteiger partial charge in [0.15, 0.2) is 5.69 Å². The number of anilines is 2. The van der Waals surface area contributed by atoms with E-state index in [2.05, 4.69) is 25.5 Å². The molecule has 0 aliphatic heterocycles. The lowest BCUT2D eigenvalue weighted by molar-refractivity contribution is 0.102. The lowest BCUT2D eigenvalue weighted by Crippen LogP contribution is -2.14. The Balaban J connectivity index is 1.89. The molecule has 100 valence electrons. The van der Waals surface area contributed by atoms with Gasteiger partial charge < -0.3 is 11.1 Å². The molecule has 0 aliphatic rings. The normalized spacial score (nSPS) is 10.7. The van der Waals surface area contributed by atoms with Crippen molar-refractivity contribution in [1.82, 2.24) is 20.2 Å². The fourth-order valence-corrected chi connectivity index (χ4v) is 1.84. The third kappa shape index (κ3) is 2.05. The molecule has 2 aromatic heterocycles. The summed E-state index contributed by atoms with van der Waals surface area (Å²) in [6.45, 7) is 1.75. The van der Waals surface area contributed by atoms with Gasteiger partial charge in [-0.25, -0.2) is 0 Å². The number of aromatic amines is 1. The van der Waals surface area contributed by atoms with Crippen molar-refractivity contribution in [2.45, 2.75) is 6.92 Å². The number of rotatable bonds is 2. The van der Waals surface area contributed by atoms with E-state index in [1.165, 1.54) is 0 Å². The molecule has 3 rings (SSSR count). The molecule has 0 fully saturated rings. The van der Waals surface area contributed by atoms with E-state index in [0.29, 0.717) is 22.6 Å². The first-order valence-electron chi connectivity index (χ1n) is 5.97. The lowest BCUT2D eigenvalue weighted by Gasteiger charge is -2.04. The van der Waals surface area contributed by atoms with Gasteiger partial charge in [-0.1, -0.05) is 0 Å². The molecule has 0 spiro atoms. The van der Waals surface area contributed by atoms with E-state index in [4.69, 9.17) is 5.73 Å². The van der Waals surface area contributed by atoms with Crippen LogP contribution < -0.4 is 11.1 Å². The Morgan fingerprint density at radius 2 is 2.00 bits per heavy atom. The topological polar surface area (TPSA) is 110 Å². The Kier molecular flexibility index (Phi) is 2.79. The Morgan fingerprint density at radius 3 is 2.70 bits per heavy atom. The van der Waals surface area contributed by atoms with Crippen molar-refractivity contribution in [1.29, 1.82) is 0 Å². The van der Waals surface area contributed by atoms with Gasteiger partial charge in [0.05, 0.1) is 22.4 Å². The summed E-state index contributed by atoms with van der Waals surface area (Å²) in [5.74, 6) is -0.366. The van der Waals surface area contributed by atoms with E-state index < -0.39 is 0 Å². The number of nitrogens with zero attached hydrogens (tertiary/aromatic N) is 3. The Labute approximate surface area is 114 Å². The molecule has 3 aromatic rings. The van der Waals surface area contributed by atoms with Crippen LogP contribution in [0.5, 0.6) is 0 Å². The van der Waals surface area contributed by atoms with Gasteiger partial charge in [-0.2, -0.15) is 5.10 Å². The van der Waals surface area contributed by atoms with Gasteiger partial charge in [-0.3, -0.25) is 19.9 Å². The maximum Gasteiger partial charge on any atom is 0.278 e. The molecule has 7 nitrogen and oxygen atoms in total. The fourth-order valence-electron chi connectivity index (χ4n) is 1.84. The smallest absolute Gasteiger partial charge is 0.278 e. The van der Waals surface area contributed by atoms with Crippen molar-refractivity contribution in [3.63, 3.8) is 0 Å². The predicted molar refractivity (Wildman–Crippen MR) is 75.2 cm³/mol. The molecule has 1 aromatic carbocycles. The highest BCUT2D eigenvalue weighted by Gasteiger charge is 2.15. The summed E-state index contributed by atoms with van der Waals surface area (Å²) in [5.41, 5.74) is 9.05. The SMILES string of the molecule is Cc1[nH]nc(C(=O)Nc2ccc3nccnc3c2)c1N. The number of hydrogen-bond donors (Lipinski definition) is 3. The number of hydrogen-bond acceptors (Lipinski definition) is 5. The number of benzene rings is 1. The number of carbonyl (C=O) groups is 1. The number of amides is 1. The van der Waals surface area contributed by atoms with Crippen LogP contribution >= 0.6 is 0 Å². The predicted octanol–water partition coefficient (Wildman–Crippen LogP) is 1.50. The number of nitrogen functional groups attached to an aromatic ring is 1. The zero-order valence-electron chi connectivity index (χ0n) is 10.7. The molecule has 20 heavy (non-hydrogen) atoms. The van der Waals surface area contributed by atoms with Crippen molar-refractivity contribution >= 4 is 28.3 Å². The third-order valence-corrected chi connectivity index (χ3v) is 2.94. The molecule has 0 saturated carbocycles. The van der Waals surface area contributed by atoms with Crippen molar-refractivity contribution in [2.75, 3.05) is 11.1 Å². The van der Waals surface area contributed by atoms with Crippen LogP contribution in [0.4, 0.5) is 11.4 Å². The number of nitrogens with one attached hydrogen (secondary N) is 2. The minimum Gasteiger partial charge on any atom is -0.395 e. The van der Waals surface area contributed by atoms with Crippen molar-refractivity contribution in [3.8, 4) is 0 Å². The molecule has 2 heterocycles. The molecule has 7 heteroatoms. The average molecular weight is 268 g/mol. The first kappa shape index (κ1) is 12.1. The second-order valence-corrected chi connectivity index (χ2v) is 4.32. The fraction of sp³-hybridized carbons (Fsp3) is 0.0769. The molecule has 0 radical (unpaired) electrons. The second kappa shape index (κ2) is 4.61. The number of H-pyrrole nitrogens is 1. The monoisotopic (exact) mass is 268 g/mol. The van der Waals surface area contributed by atoms with Crippen LogP contribution in [0.2, 0.25) is 0 Å². The van der Waals surface area contributed by atoms with Crippen LogP contribution in [0.1, 0.15) is 16.2 Å². The van der Waals surface area contributed by atoms with Gasteiger partial charge >= 0.3 is 0 Å². The van der Waals surface area contributed by atoms with E-state index in [1.54, 1.807) is 37.5 Å². The summed E-state index contributed by atoms with van der Waals surface area (Å²) in [7, 11) is 0. The van der Waals surface area contributed by atoms with Gasteiger partial charge in [-0.05, 0) is 25.1 Å². The minimum absolute atomic E-state index is 0.182.